The van der Waals surface area contributed by atoms with E-state index in [0.717, 1.165) is 32.7 Å². The lowest BCUT2D eigenvalue weighted by Gasteiger charge is -2.08. The molecular formula is C23H19ClN2O3S. The fraction of sp³-hybridized carbons (Fsp3) is 0.130. The van der Waals surface area contributed by atoms with Gasteiger partial charge in [-0.2, -0.15) is 5.10 Å². The molecule has 0 atom stereocenters. The summed E-state index contributed by atoms with van der Waals surface area (Å²) < 4.78 is 7.24. The number of hydrogen-bond acceptors (Lipinski definition) is 4. The fourth-order valence-electron chi connectivity index (χ4n) is 3.18. The summed E-state index contributed by atoms with van der Waals surface area (Å²) in [7, 11) is 0. The zero-order valence-corrected chi connectivity index (χ0v) is 17.8. The van der Waals surface area contributed by atoms with Gasteiger partial charge in [0.05, 0.1) is 16.9 Å². The molecule has 3 aromatic carbocycles. The number of fused-ring (bicyclic) bond motifs is 1. The predicted molar refractivity (Wildman–Crippen MR) is 120 cm³/mol. The molecule has 152 valence electrons. The van der Waals surface area contributed by atoms with Crippen molar-refractivity contribution < 1.29 is 14.6 Å². The molecule has 1 aromatic heterocycles. The number of carboxylic acid groups (broad SMARTS) is 1. The number of carboxylic acids is 1. The first-order chi connectivity index (χ1) is 14.5. The third-order valence-electron chi connectivity index (χ3n) is 4.61. The molecule has 4 aromatic rings. The molecule has 0 saturated heterocycles. The lowest BCUT2D eigenvalue weighted by Crippen LogP contribution is -2.09. The number of aliphatic carboxylic acids is 1. The average molecular weight is 439 g/mol. The Kier molecular flexibility index (Phi) is 5.97. The van der Waals surface area contributed by atoms with Crippen LogP contribution in [0.25, 0.3) is 16.6 Å². The van der Waals surface area contributed by atoms with Gasteiger partial charge in [0.1, 0.15) is 5.75 Å². The van der Waals surface area contributed by atoms with Crippen LogP contribution < -0.4 is 4.74 Å². The highest BCUT2D eigenvalue weighted by molar-refractivity contribution is 7.98. The number of ether oxygens (including phenoxy) is 1. The molecule has 4 rings (SSSR count). The van der Waals surface area contributed by atoms with Crippen molar-refractivity contribution in [3.63, 3.8) is 0 Å². The van der Waals surface area contributed by atoms with Crippen LogP contribution in [0.3, 0.4) is 0 Å². The SMILES string of the molecule is Cc1cc(SCc2nn(-c3ccc(Cl)cc3)c3ccccc23)ccc1OCC(=O)O. The summed E-state index contributed by atoms with van der Waals surface area (Å²) in [6, 6.07) is 21.5. The zero-order valence-electron chi connectivity index (χ0n) is 16.2. The van der Waals surface area contributed by atoms with E-state index in [1.165, 1.54) is 0 Å². The summed E-state index contributed by atoms with van der Waals surface area (Å²) >= 11 is 7.71. The molecule has 5 nitrogen and oxygen atoms in total. The van der Waals surface area contributed by atoms with Crippen LogP contribution in [0.5, 0.6) is 5.75 Å². The lowest BCUT2D eigenvalue weighted by molar-refractivity contribution is -0.139. The summed E-state index contributed by atoms with van der Waals surface area (Å²) in [6.07, 6.45) is 0. The second kappa shape index (κ2) is 8.81. The normalized spacial score (nSPS) is 11.0. The van der Waals surface area contributed by atoms with Crippen LogP contribution in [-0.2, 0) is 10.5 Å². The Labute approximate surface area is 183 Å². The first-order valence-corrected chi connectivity index (χ1v) is 10.7. The molecule has 0 aliphatic rings. The number of benzene rings is 3. The summed E-state index contributed by atoms with van der Waals surface area (Å²) in [4.78, 5) is 11.8. The van der Waals surface area contributed by atoms with Gasteiger partial charge in [-0.25, -0.2) is 9.48 Å². The fourth-order valence-corrected chi connectivity index (χ4v) is 4.25. The van der Waals surface area contributed by atoms with Gasteiger partial charge >= 0.3 is 5.97 Å². The third-order valence-corrected chi connectivity index (χ3v) is 5.87. The van der Waals surface area contributed by atoms with Crippen molar-refractivity contribution in [2.24, 2.45) is 0 Å². The van der Waals surface area contributed by atoms with E-state index >= 15 is 0 Å². The minimum Gasteiger partial charge on any atom is -0.482 e. The van der Waals surface area contributed by atoms with Crippen LogP contribution in [-0.4, -0.2) is 27.5 Å². The van der Waals surface area contributed by atoms with Crippen molar-refractivity contribution >= 4 is 40.2 Å². The summed E-state index contributed by atoms with van der Waals surface area (Å²) in [6.45, 7) is 1.56. The maximum atomic E-state index is 10.7. The summed E-state index contributed by atoms with van der Waals surface area (Å²) in [5.41, 5.74) is 3.90. The van der Waals surface area contributed by atoms with Crippen molar-refractivity contribution in [1.29, 1.82) is 0 Å². The quantitative estimate of drug-likeness (QED) is 0.372. The second-order valence-corrected chi connectivity index (χ2v) is 8.24. The van der Waals surface area contributed by atoms with Crippen molar-refractivity contribution in [2.45, 2.75) is 17.6 Å². The molecule has 0 aliphatic carbocycles. The van der Waals surface area contributed by atoms with Crippen molar-refractivity contribution in [1.82, 2.24) is 9.78 Å². The summed E-state index contributed by atoms with van der Waals surface area (Å²) in [5, 5.41) is 15.4. The van der Waals surface area contributed by atoms with Gasteiger partial charge in [0, 0.05) is 21.1 Å². The van der Waals surface area contributed by atoms with Gasteiger partial charge in [-0.15, -0.1) is 11.8 Å². The smallest absolute Gasteiger partial charge is 0.341 e. The third kappa shape index (κ3) is 4.45. The van der Waals surface area contributed by atoms with Crippen LogP contribution in [0.2, 0.25) is 5.02 Å². The van der Waals surface area contributed by atoms with Crippen molar-refractivity contribution in [3.8, 4) is 11.4 Å². The molecule has 7 heteroatoms. The van der Waals surface area contributed by atoms with E-state index in [-0.39, 0.29) is 6.61 Å². The van der Waals surface area contributed by atoms with Gasteiger partial charge in [0.2, 0.25) is 0 Å². The molecule has 0 spiro atoms. The Balaban J connectivity index is 1.57. The highest BCUT2D eigenvalue weighted by Gasteiger charge is 2.12. The number of aromatic nitrogens is 2. The van der Waals surface area contributed by atoms with Gasteiger partial charge in [0.25, 0.3) is 0 Å². The average Bonchev–Trinajstić information content (AvgIpc) is 3.11. The van der Waals surface area contributed by atoms with E-state index < -0.39 is 5.97 Å². The number of rotatable bonds is 7. The molecule has 30 heavy (non-hydrogen) atoms. The van der Waals surface area contributed by atoms with E-state index in [1.807, 2.05) is 66.2 Å². The van der Waals surface area contributed by atoms with E-state index in [4.69, 9.17) is 26.5 Å². The number of para-hydroxylation sites is 1. The highest BCUT2D eigenvalue weighted by Crippen LogP contribution is 2.31. The number of aryl methyl sites for hydroxylation is 1. The van der Waals surface area contributed by atoms with Crippen LogP contribution in [0, 0.1) is 6.92 Å². The number of halogens is 1. The number of carbonyl (C=O) groups is 1. The largest absolute Gasteiger partial charge is 0.482 e. The highest BCUT2D eigenvalue weighted by atomic mass is 35.5. The maximum absolute atomic E-state index is 10.7. The molecule has 0 amide bonds. The first-order valence-electron chi connectivity index (χ1n) is 9.32. The van der Waals surface area contributed by atoms with Gasteiger partial charge < -0.3 is 9.84 Å². The van der Waals surface area contributed by atoms with Crippen molar-refractivity contribution in [2.75, 3.05) is 6.61 Å². The maximum Gasteiger partial charge on any atom is 0.341 e. The Hall–Kier alpha value is -2.96. The molecule has 0 aliphatic heterocycles. The Morgan fingerprint density at radius 1 is 1.13 bits per heavy atom. The lowest BCUT2D eigenvalue weighted by atomic mass is 10.2. The van der Waals surface area contributed by atoms with Crippen molar-refractivity contribution in [3.05, 3.63) is 83.0 Å². The minimum absolute atomic E-state index is 0.346. The van der Waals surface area contributed by atoms with E-state index in [1.54, 1.807) is 11.8 Å². The first kappa shape index (κ1) is 20.3. The molecule has 0 saturated carbocycles. The molecule has 0 radical (unpaired) electrons. The standard InChI is InChI=1S/C23H19ClN2O3S/c1-15-12-18(10-11-22(15)29-13-23(27)28)30-14-20-19-4-2-3-5-21(19)26(25-20)17-8-6-16(24)7-9-17/h2-12H,13-14H2,1H3,(H,27,28). The molecule has 1 N–H and O–H groups in total. The van der Waals surface area contributed by atoms with Crippen LogP contribution in [0.1, 0.15) is 11.3 Å². The van der Waals surface area contributed by atoms with Gasteiger partial charge in [-0.05, 0) is 61.0 Å². The second-order valence-electron chi connectivity index (χ2n) is 6.75. The molecular weight excluding hydrogens is 420 g/mol. The van der Waals surface area contributed by atoms with Crippen LogP contribution in [0.15, 0.2) is 71.6 Å². The monoisotopic (exact) mass is 438 g/mol. The van der Waals surface area contributed by atoms with E-state index in [0.29, 0.717) is 16.5 Å². The molecule has 1 heterocycles. The Morgan fingerprint density at radius 3 is 2.63 bits per heavy atom. The van der Waals surface area contributed by atoms with E-state index in [2.05, 4.69) is 12.1 Å². The Morgan fingerprint density at radius 2 is 1.90 bits per heavy atom. The van der Waals surface area contributed by atoms with Gasteiger partial charge in [-0.3, -0.25) is 0 Å². The Bertz CT molecular complexity index is 1210. The molecule has 0 bridgehead atoms. The van der Waals surface area contributed by atoms with Crippen LogP contribution >= 0.6 is 23.4 Å². The molecule has 0 unspecified atom stereocenters. The number of hydrogen-bond donors (Lipinski definition) is 1. The number of nitrogens with zero attached hydrogens (tertiary/aromatic N) is 2. The van der Waals surface area contributed by atoms with Gasteiger partial charge in [0.15, 0.2) is 6.61 Å². The summed E-state index contributed by atoms with van der Waals surface area (Å²) in [5.74, 6) is 0.297. The molecule has 0 fully saturated rings. The topological polar surface area (TPSA) is 64.4 Å². The van der Waals surface area contributed by atoms with Crippen LogP contribution in [0.4, 0.5) is 0 Å². The minimum atomic E-state index is -0.990. The number of thioether (sulfide) groups is 1. The van der Waals surface area contributed by atoms with E-state index in [9.17, 15) is 4.79 Å². The zero-order chi connectivity index (χ0) is 21.1. The van der Waals surface area contributed by atoms with Gasteiger partial charge in [-0.1, -0.05) is 29.8 Å². The predicted octanol–water partition coefficient (Wildman–Crippen LogP) is 5.74.